The molecule has 2 fully saturated rings. The summed E-state index contributed by atoms with van der Waals surface area (Å²) in [4.78, 5) is 14.0. The average molecular weight is 351 g/mol. The van der Waals surface area contributed by atoms with Gasteiger partial charge in [-0.2, -0.15) is 0 Å². The zero-order valence-electron chi connectivity index (χ0n) is 16.1. The Bertz CT molecular complexity index is 742. The molecule has 138 valence electrons. The van der Waals surface area contributed by atoms with Gasteiger partial charge < -0.3 is 0 Å². The molecule has 2 aliphatic rings. The lowest BCUT2D eigenvalue weighted by Gasteiger charge is -2.40. The minimum atomic E-state index is 0.480. The largest absolute Gasteiger partial charge is 0.298 e. The van der Waals surface area contributed by atoms with Gasteiger partial charge in [-0.15, -0.1) is 0 Å². The van der Waals surface area contributed by atoms with Crippen LogP contribution in [0.4, 0.5) is 0 Å². The van der Waals surface area contributed by atoms with Gasteiger partial charge in [-0.1, -0.05) is 29.8 Å². The Morgan fingerprint density at radius 3 is 2.42 bits per heavy atom. The minimum Gasteiger partial charge on any atom is -0.298 e. The quantitative estimate of drug-likeness (QED) is 0.844. The fraction of sp³-hybridized carbons (Fsp3) is 0.545. The molecule has 1 spiro atoms. The Labute approximate surface area is 157 Å². The van der Waals surface area contributed by atoms with Crippen molar-refractivity contribution in [3.63, 3.8) is 0 Å². The summed E-state index contributed by atoms with van der Waals surface area (Å²) in [5.74, 6) is 0.853. The Kier molecular flexibility index (Phi) is 5.05. The molecule has 3 heterocycles. The van der Waals surface area contributed by atoms with E-state index in [1.54, 1.807) is 0 Å². The molecule has 1 atom stereocenters. The molecule has 4 nitrogen and oxygen atoms in total. The highest BCUT2D eigenvalue weighted by atomic mass is 15.2. The summed E-state index contributed by atoms with van der Waals surface area (Å²) in [6.07, 6.45) is 7.99. The molecule has 2 saturated heterocycles. The minimum absolute atomic E-state index is 0.480. The lowest BCUT2D eigenvalue weighted by atomic mass is 9.79. The zero-order chi connectivity index (χ0) is 18.0. The number of rotatable bonds is 4. The van der Waals surface area contributed by atoms with Gasteiger partial charge in [-0.3, -0.25) is 9.80 Å². The van der Waals surface area contributed by atoms with Crippen LogP contribution in [0.15, 0.2) is 36.7 Å². The van der Waals surface area contributed by atoms with Crippen molar-refractivity contribution in [1.29, 1.82) is 0 Å². The summed E-state index contributed by atoms with van der Waals surface area (Å²) >= 11 is 0. The van der Waals surface area contributed by atoms with Crippen molar-refractivity contribution < 1.29 is 0 Å². The van der Waals surface area contributed by atoms with Crippen molar-refractivity contribution in [2.24, 2.45) is 5.41 Å². The van der Waals surface area contributed by atoms with Gasteiger partial charge in [0.25, 0.3) is 0 Å². The van der Waals surface area contributed by atoms with Gasteiger partial charge >= 0.3 is 0 Å². The lowest BCUT2D eigenvalue weighted by Crippen LogP contribution is -2.44. The van der Waals surface area contributed by atoms with Crippen molar-refractivity contribution in [1.82, 2.24) is 19.8 Å². The fourth-order valence-corrected chi connectivity index (χ4v) is 4.77. The molecule has 0 aliphatic carbocycles. The monoisotopic (exact) mass is 350 g/mol. The Morgan fingerprint density at radius 1 is 0.923 bits per heavy atom. The second-order valence-electron chi connectivity index (χ2n) is 8.40. The summed E-state index contributed by atoms with van der Waals surface area (Å²) in [7, 11) is 0. The van der Waals surface area contributed by atoms with Crippen molar-refractivity contribution in [2.75, 3.05) is 26.2 Å². The van der Waals surface area contributed by atoms with Crippen LogP contribution >= 0.6 is 0 Å². The molecule has 2 aliphatic heterocycles. The van der Waals surface area contributed by atoms with Crippen LogP contribution in [0.3, 0.4) is 0 Å². The van der Waals surface area contributed by atoms with Gasteiger partial charge in [0.05, 0.1) is 0 Å². The number of hydrogen-bond acceptors (Lipinski definition) is 4. The van der Waals surface area contributed by atoms with Crippen LogP contribution in [0.1, 0.15) is 41.8 Å². The van der Waals surface area contributed by atoms with E-state index in [2.05, 4.69) is 51.0 Å². The topological polar surface area (TPSA) is 32.3 Å². The second kappa shape index (κ2) is 7.45. The molecule has 1 aromatic heterocycles. The van der Waals surface area contributed by atoms with Gasteiger partial charge in [-0.05, 0) is 57.2 Å². The van der Waals surface area contributed by atoms with Crippen LogP contribution in [0, 0.1) is 19.3 Å². The van der Waals surface area contributed by atoms with E-state index in [0.717, 1.165) is 18.9 Å². The number of hydrogen-bond donors (Lipinski definition) is 0. The molecule has 0 saturated carbocycles. The third-order valence-corrected chi connectivity index (χ3v) is 5.99. The van der Waals surface area contributed by atoms with Crippen LogP contribution in [-0.4, -0.2) is 45.9 Å². The van der Waals surface area contributed by atoms with Crippen molar-refractivity contribution in [3.05, 3.63) is 59.2 Å². The fourth-order valence-electron chi connectivity index (χ4n) is 4.77. The van der Waals surface area contributed by atoms with Crippen molar-refractivity contribution in [2.45, 2.75) is 46.2 Å². The molecule has 0 amide bonds. The predicted octanol–water partition coefficient (Wildman–Crippen LogP) is 3.58. The van der Waals surface area contributed by atoms with Gasteiger partial charge in [-0.25, -0.2) is 9.97 Å². The standard InChI is InChI=1S/C22H30N4/c1-18-5-3-6-20(11-18)14-25-9-4-7-22(16-25)8-10-26(17-22)15-21-12-23-19(2)24-13-21/h3,5-6,11-13H,4,7-10,14-17H2,1-2H3. The predicted molar refractivity (Wildman–Crippen MR) is 105 cm³/mol. The molecule has 26 heavy (non-hydrogen) atoms. The maximum Gasteiger partial charge on any atom is 0.125 e. The van der Waals surface area contributed by atoms with E-state index in [0.29, 0.717) is 5.41 Å². The van der Waals surface area contributed by atoms with E-state index in [4.69, 9.17) is 0 Å². The van der Waals surface area contributed by atoms with Crippen LogP contribution < -0.4 is 0 Å². The van der Waals surface area contributed by atoms with E-state index in [1.807, 2.05) is 19.3 Å². The third-order valence-electron chi connectivity index (χ3n) is 5.99. The highest BCUT2D eigenvalue weighted by molar-refractivity contribution is 5.22. The summed E-state index contributed by atoms with van der Waals surface area (Å²) < 4.78 is 0. The number of aromatic nitrogens is 2. The number of nitrogens with zero attached hydrogens (tertiary/aromatic N) is 4. The number of likely N-dealkylation sites (tertiary alicyclic amines) is 2. The summed E-state index contributed by atoms with van der Waals surface area (Å²) in [5.41, 5.74) is 4.53. The van der Waals surface area contributed by atoms with Crippen LogP contribution in [0.2, 0.25) is 0 Å². The Morgan fingerprint density at radius 2 is 1.65 bits per heavy atom. The van der Waals surface area contributed by atoms with E-state index in [9.17, 15) is 0 Å². The van der Waals surface area contributed by atoms with Gasteiger partial charge in [0.1, 0.15) is 5.82 Å². The molecule has 0 bridgehead atoms. The summed E-state index contributed by atoms with van der Waals surface area (Å²) in [6, 6.07) is 8.97. The van der Waals surface area contributed by atoms with E-state index in [-0.39, 0.29) is 0 Å². The molecular weight excluding hydrogens is 320 g/mol. The van der Waals surface area contributed by atoms with E-state index in [1.165, 1.54) is 62.1 Å². The van der Waals surface area contributed by atoms with Crippen LogP contribution in [0.5, 0.6) is 0 Å². The first kappa shape index (κ1) is 17.6. The summed E-state index contributed by atoms with van der Waals surface area (Å²) in [5, 5.41) is 0. The molecule has 1 aromatic carbocycles. The maximum atomic E-state index is 4.35. The first-order valence-electron chi connectivity index (χ1n) is 9.88. The molecule has 0 N–H and O–H groups in total. The van der Waals surface area contributed by atoms with Gasteiger partial charge in [0, 0.05) is 44.1 Å². The molecule has 2 aromatic rings. The van der Waals surface area contributed by atoms with Crippen LogP contribution in [-0.2, 0) is 13.1 Å². The lowest BCUT2D eigenvalue weighted by molar-refractivity contribution is 0.0866. The maximum absolute atomic E-state index is 4.35. The number of aryl methyl sites for hydroxylation is 2. The normalized spacial score (nSPS) is 24.4. The third kappa shape index (κ3) is 4.13. The van der Waals surface area contributed by atoms with E-state index < -0.39 is 0 Å². The van der Waals surface area contributed by atoms with E-state index >= 15 is 0 Å². The highest BCUT2D eigenvalue weighted by Crippen LogP contribution is 2.39. The smallest absolute Gasteiger partial charge is 0.125 e. The van der Waals surface area contributed by atoms with Gasteiger partial charge in [0.2, 0.25) is 0 Å². The molecule has 4 rings (SSSR count). The Balaban J connectivity index is 1.37. The zero-order valence-corrected chi connectivity index (χ0v) is 16.1. The SMILES string of the molecule is Cc1cccc(CN2CCCC3(CCN(Cc4cnc(C)nc4)C3)C2)c1. The molecule has 4 heteroatoms. The molecule has 0 radical (unpaired) electrons. The van der Waals surface area contributed by atoms with Crippen LogP contribution in [0.25, 0.3) is 0 Å². The number of benzene rings is 1. The first-order valence-corrected chi connectivity index (χ1v) is 9.88. The first-order chi connectivity index (χ1) is 12.6. The van der Waals surface area contributed by atoms with Crippen molar-refractivity contribution in [3.8, 4) is 0 Å². The van der Waals surface area contributed by atoms with Gasteiger partial charge in [0.15, 0.2) is 0 Å². The Hall–Kier alpha value is -1.78. The van der Waals surface area contributed by atoms with Crippen molar-refractivity contribution >= 4 is 0 Å². The molecular formula is C22H30N4. The highest BCUT2D eigenvalue weighted by Gasteiger charge is 2.41. The number of piperidine rings is 1. The second-order valence-corrected chi connectivity index (χ2v) is 8.40. The molecule has 1 unspecified atom stereocenters. The average Bonchev–Trinajstić information content (AvgIpc) is 2.99. The summed E-state index contributed by atoms with van der Waals surface area (Å²) in [6.45, 7) is 11.1.